The maximum Gasteiger partial charge on any atom is 0.261 e. The fourth-order valence-electron chi connectivity index (χ4n) is 7.13. The van der Waals surface area contributed by atoms with E-state index in [4.69, 9.17) is 0 Å². The number of benzene rings is 4. The van der Waals surface area contributed by atoms with E-state index in [0.29, 0.717) is 12.0 Å². The van der Waals surface area contributed by atoms with Gasteiger partial charge in [-0.3, -0.25) is 14.5 Å². The molecule has 0 radical (unpaired) electrons. The summed E-state index contributed by atoms with van der Waals surface area (Å²) >= 11 is 0. The van der Waals surface area contributed by atoms with E-state index in [9.17, 15) is 9.59 Å². The van der Waals surface area contributed by atoms with Crippen molar-refractivity contribution in [2.75, 3.05) is 0 Å². The number of rotatable bonds is 8. The van der Waals surface area contributed by atoms with Crippen molar-refractivity contribution < 1.29 is 9.59 Å². The van der Waals surface area contributed by atoms with Crippen LogP contribution in [-0.4, -0.2) is 27.3 Å². The molecule has 0 N–H and O–H groups in total. The van der Waals surface area contributed by atoms with Gasteiger partial charge in [-0.25, -0.2) is 0 Å². The van der Waals surface area contributed by atoms with Gasteiger partial charge in [0.2, 0.25) is 0 Å². The number of unbranched alkanes of at least 4 members (excludes halogenated alkanes) is 2. The fraction of sp³-hybridized carbons (Fsp3) is 0.263. The molecule has 0 saturated carbocycles. The summed E-state index contributed by atoms with van der Waals surface area (Å²) in [5.41, 5.74) is 7.12. The van der Waals surface area contributed by atoms with Crippen molar-refractivity contribution in [1.82, 2.24) is 9.47 Å². The van der Waals surface area contributed by atoms with Crippen LogP contribution in [-0.2, 0) is 4.79 Å². The molecule has 1 aliphatic carbocycles. The smallest absolute Gasteiger partial charge is 0.261 e. The number of hydrogen-bond donors (Lipinski definition) is 0. The molecule has 0 bridgehead atoms. The van der Waals surface area contributed by atoms with Crippen molar-refractivity contribution in [1.29, 1.82) is 0 Å². The zero-order valence-electron chi connectivity index (χ0n) is 24.4. The second-order valence-electron chi connectivity index (χ2n) is 11.6. The molecule has 1 unspecified atom stereocenters. The predicted molar refractivity (Wildman–Crippen MR) is 172 cm³/mol. The molecule has 2 amide bonds. The minimum absolute atomic E-state index is 0.0458. The zero-order chi connectivity index (χ0) is 28.8. The SMILES string of the molecule is CCCCCC(CC)N1C(=O)C2=c3c(ccc(-c4ccc5c(c4)c4ccccc4n5-c4ccccc4)c3=CCC2)C1=O. The maximum absolute atomic E-state index is 13.9. The Kier molecular flexibility index (Phi) is 6.78. The molecule has 0 saturated heterocycles. The first kappa shape index (κ1) is 26.5. The lowest BCUT2D eigenvalue weighted by Gasteiger charge is -2.34. The number of carbonyl (C=O) groups excluding carboxylic acids is 2. The topological polar surface area (TPSA) is 42.3 Å². The minimum Gasteiger partial charge on any atom is -0.309 e. The summed E-state index contributed by atoms with van der Waals surface area (Å²) in [6.45, 7) is 4.27. The summed E-state index contributed by atoms with van der Waals surface area (Å²) in [7, 11) is 0. The van der Waals surface area contributed by atoms with E-state index in [0.717, 1.165) is 76.9 Å². The number of fused-ring (bicyclic) bond motifs is 3. The minimum atomic E-state index is -0.133. The Morgan fingerprint density at radius 2 is 1.52 bits per heavy atom. The Labute approximate surface area is 246 Å². The van der Waals surface area contributed by atoms with Crippen molar-refractivity contribution in [2.24, 2.45) is 0 Å². The van der Waals surface area contributed by atoms with Crippen LogP contribution < -0.4 is 10.4 Å². The van der Waals surface area contributed by atoms with Crippen LogP contribution in [0.25, 0.3) is 50.3 Å². The average Bonchev–Trinajstić information content (AvgIpc) is 3.36. The van der Waals surface area contributed by atoms with Crippen molar-refractivity contribution in [3.63, 3.8) is 0 Å². The second-order valence-corrected chi connectivity index (χ2v) is 11.6. The van der Waals surface area contributed by atoms with Crippen molar-refractivity contribution in [3.05, 3.63) is 101 Å². The third-order valence-corrected chi connectivity index (χ3v) is 9.19. The van der Waals surface area contributed by atoms with Crippen LogP contribution in [0.5, 0.6) is 0 Å². The monoisotopic (exact) mass is 552 g/mol. The molecular formula is C38H36N2O2. The highest BCUT2D eigenvalue weighted by molar-refractivity contribution is 6.25. The van der Waals surface area contributed by atoms with Crippen molar-refractivity contribution in [3.8, 4) is 16.8 Å². The standard InChI is InChI=1S/C38H36N2O2/c1-3-5-7-13-26(4-2)40-37(41)31-18-12-17-30-28(21-22-32(36(30)31)38(40)42)25-20-23-35-33(24-25)29-16-10-11-19-34(29)39(35)27-14-8-6-9-15-27/h6,8-11,14-17,19-24,26H,3-5,7,12-13,18H2,1-2H3. The van der Waals surface area contributed by atoms with Crippen molar-refractivity contribution in [2.45, 2.75) is 64.8 Å². The Hall–Kier alpha value is -4.44. The molecule has 210 valence electrons. The number of imide groups is 1. The number of aromatic nitrogens is 1. The van der Waals surface area contributed by atoms with E-state index >= 15 is 0 Å². The van der Waals surface area contributed by atoms with Crippen LogP contribution in [0.3, 0.4) is 0 Å². The zero-order valence-corrected chi connectivity index (χ0v) is 24.4. The molecule has 0 spiro atoms. The highest BCUT2D eigenvalue weighted by atomic mass is 16.2. The number of nitrogens with zero attached hydrogens (tertiary/aromatic N) is 2. The van der Waals surface area contributed by atoms with E-state index in [1.165, 1.54) is 16.3 Å². The summed E-state index contributed by atoms with van der Waals surface area (Å²) in [6, 6.07) is 29.7. The van der Waals surface area contributed by atoms with Crippen LogP contribution in [0, 0.1) is 0 Å². The van der Waals surface area contributed by atoms with E-state index in [-0.39, 0.29) is 17.9 Å². The molecule has 7 rings (SSSR count). The van der Waals surface area contributed by atoms with Crippen LogP contribution in [0.1, 0.15) is 69.2 Å². The number of carbonyl (C=O) groups is 2. The molecule has 1 atom stereocenters. The molecule has 5 aromatic rings. The first-order chi connectivity index (χ1) is 20.6. The summed E-state index contributed by atoms with van der Waals surface area (Å²) in [5.74, 6) is -0.213. The summed E-state index contributed by atoms with van der Waals surface area (Å²) in [4.78, 5) is 29.4. The summed E-state index contributed by atoms with van der Waals surface area (Å²) < 4.78 is 2.32. The second kappa shape index (κ2) is 10.8. The first-order valence-corrected chi connectivity index (χ1v) is 15.5. The average molecular weight is 553 g/mol. The molecule has 0 fully saturated rings. The van der Waals surface area contributed by atoms with Gasteiger partial charge in [0.1, 0.15) is 0 Å². The van der Waals surface area contributed by atoms with E-state index in [2.05, 4.69) is 97.3 Å². The van der Waals surface area contributed by atoms with Gasteiger partial charge in [0.15, 0.2) is 0 Å². The maximum atomic E-state index is 13.9. The lowest BCUT2D eigenvalue weighted by Crippen LogP contribution is -2.54. The van der Waals surface area contributed by atoms with Gasteiger partial charge >= 0.3 is 0 Å². The van der Waals surface area contributed by atoms with Crippen LogP contribution >= 0.6 is 0 Å². The summed E-state index contributed by atoms with van der Waals surface area (Å²) in [5, 5.41) is 4.28. The third kappa shape index (κ3) is 4.12. The van der Waals surface area contributed by atoms with E-state index in [1.807, 2.05) is 12.1 Å². The number of hydrogen-bond acceptors (Lipinski definition) is 2. The predicted octanol–water partition coefficient (Wildman–Crippen LogP) is 7.52. The molecule has 1 aromatic heterocycles. The Morgan fingerprint density at radius 1 is 0.762 bits per heavy atom. The lowest BCUT2D eigenvalue weighted by molar-refractivity contribution is -0.125. The molecular weight excluding hydrogens is 516 g/mol. The van der Waals surface area contributed by atoms with Gasteiger partial charge < -0.3 is 4.57 Å². The molecule has 4 heteroatoms. The quantitative estimate of drug-likeness (QED) is 0.148. The van der Waals surface area contributed by atoms with Gasteiger partial charge in [-0.05, 0) is 78.4 Å². The molecule has 2 aliphatic rings. The third-order valence-electron chi connectivity index (χ3n) is 9.19. The highest BCUT2D eigenvalue weighted by Gasteiger charge is 2.37. The van der Waals surface area contributed by atoms with Crippen LogP contribution in [0.4, 0.5) is 0 Å². The first-order valence-electron chi connectivity index (χ1n) is 15.5. The van der Waals surface area contributed by atoms with Gasteiger partial charge in [0.05, 0.1) is 11.0 Å². The molecule has 42 heavy (non-hydrogen) atoms. The van der Waals surface area contributed by atoms with Gasteiger partial charge in [-0.1, -0.05) is 87.7 Å². The Bertz CT molecular complexity index is 1980. The van der Waals surface area contributed by atoms with E-state index < -0.39 is 0 Å². The molecule has 4 aromatic carbocycles. The van der Waals surface area contributed by atoms with Crippen molar-refractivity contribution >= 4 is 45.3 Å². The Morgan fingerprint density at radius 3 is 2.33 bits per heavy atom. The molecule has 4 nitrogen and oxygen atoms in total. The van der Waals surface area contributed by atoms with Gasteiger partial charge in [0, 0.05) is 38.9 Å². The van der Waals surface area contributed by atoms with Crippen LogP contribution in [0.15, 0.2) is 84.9 Å². The van der Waals surface area contributed by atoms with Gasteiger partial charge in [-0.2, -0.15) is 0 Å². The highest BCUT2D eigenvalue weighted by Crippen LogP contribution is 2.35. The Balaban J connectivity index is 1.38. The fourth-order valence-corrected chi connectivity index (χ4v) is 7.13. The van der Waals surface area contributed by atoms with Gasteiger partial charge in [0.25, 0.3) is 11.8 Å². The molecule has 1 aliphatic heterocycles. The van der Waals surface area contributed by atoms with Gasteiger partial charge in [-0.15, -0.1) is 0 Å². The number of para-hydroxylation sites is 2. The number of amides is 2. The largest absolute Gasteiger partial charge is 0.309 e. The van der Waals surface area contributed by atoms with E-state index in [1.54, 1.807) is 4.90 Å². The summed E-state index contributed by atoms with van der Waals surface area (Å²) in [6.07, 6.45) is 8.65. The molecule has 2 heterocycles. The van der Waals surface area contributed by atoms with Crippen LogP contribution in [0.2, 0.25) is 0 Å². The normalized spacial score (nSPS) is 15.3. The lowest BCUT2D eigenvalue weighted by atomic mass is 9.86.